The molecule has 316 valence electrons. The van der Waals surface area contributed by atoms with Crippen molar-refractivity contribution in [3.63, 3.8) is 0 Å². The van der Waals surface area contributed by atoms with Gasteiger partial charge in [0, 0.05) is 40.1 Å². The molecule has 6 aromatic carbocycles. The minimum absolute atomic E-state index is 0.0195. The Bertz CT molecular complexity index is 3100. The summed E-state index contributed by atoms with van der Waals surface area (Å²) in [7, 11) is 0. The number of rotatable bonds is 9. The molecule has 0 radical (unpaired) electrons. The number of aromatic nitrogens is 4. The van der Waals surface area contributed by atoms with Crippen LogP contribution in [0.3, 0.4) is 0 Å². The Morgan fingerprint density at radius 3 is 1.81 bits per heavy atom. The molecule has 0 aliphatic rings. The predicted molar refractivity (Wildman–Crippen MR) is 259 cm³/mol. The van der Waals surface area contributed by atoms with Gasteiger partial charge in [-0.05, 0) is 99.3 Å². The first-order valence-electron chi connectivity index (χ1n) is 22.1. The molecule has 0 N–H and O–H groups in total. The Balaban J connectivity index is 1.18. The van der Waals surface area contributed by atoms with Crippen LogP contribution in [0.5, 0.6) is 11.5 Å². The molecule has 5 heteroatoms. The molecule has 0 atom stereocenters. The molecule has 3 heterocycles. The first kappa shape index (κ1) is 41.6. The fraction of sp³-hybridized carbons (Fsp3) is 0.241. The Kier molecular flexibility index (Phi) is 10.3. The maximum absolute atomic E-state index is 7.00. The smallest absolute Gasteiger partial charge is 0.269 e. The Morgan fingerprint density at radius 2 is 1.13 bits per heavy atom. The average Bonchev–Trinajstić information content (AvgIpc) is 3.88. The van der Waals surface area contributed by atoms with E-state index >= 15 is 0 Å². The zero-order chi connectivity index (χ0) is 44.3. The van der Waals surface area contributed by atoms with Gasteiger partial charge < -0.3 is 4.74 Å². The predicted octanol–water partition coefficient (Wildman–Crippen LogP) is 14.1. The van der Waals surface area contributed by atoms with Crippen LogP contribution < -0.4 is 9.30 Å². The molecule has 0 amide bonds. The number of para-hydroxylation sites is 1. The first-order chi connectivity index (χ1) is 30.0. The minimum Gasteiger partial charge on any atom is -0.458 e. The van der Waals surface area contributed by atoms with Crippen molar-refractivity contribution >= 4 is 21.8 Å². The Hall–Kier alpha value is -6.72. The van der Waals surface area contributed by atoms with Gasteiger partial charge in [-0.2, -0.15) is 0 Å². The number of ether oxygens (including phenoxy) is 1. The molecule has 5 nitrogen and oxygen atoms in total. The number of imidazole rings is 1. The lowest BCUT2D eigenvalue weighted by Gasteiger charge is -2.27. The summed E-state index contributed by atoms with van der Waals surface area (Å²) < 4.78 is 13.6. The van der Waals surface area contributed by atoms with E-state index in [4.69, 9.17) is 9.72 Å². The molecule has 0 saturated heterocycles. The molecule has 9 aromatic rings. The minimum atomic E-state index is -0.331. The number of hydrogen-bond donors (Lipinski definition) is 0. The number of hydrogen-bond acceptors (Lipinski definition) is 2. The average molecular weight is 827 g/mol. The summed E-state index contributed by atoms with van der Waals surface area (Å²) in [6, 6.07) is 56.3. The van der Waals surface area contributed by atoms with Crippen LogP contribution in [0.4, 0.5) is 0 Å². The van der Waals surface area contributed by atoms with Gasteiger partial charge in [0.15, 0.2) is 0 Å². The maximum Gasteiger partial charge on any atom is 0.269 e. The van der Waals surface area contributed by atoms with Crippen molar-refractivity contribution in [3.8, 4) is 28.7 Å². The highest BCUT2D eigenvalue weighted by Gasteiger charge is 2.28. The second-order valence-electron chi connectivity index (χ2n) is 20.1. The van der Waals surface area contributed by atoms with E-state index in [9.17, 15) is 0 Å². The Morgan fingerprint density at radius 1 is 0.492 bits per heavy atom. The summed E-state index contributed by atoms with van der Waals surface area (Å²) in [5.74, 6) is 2.39. The van der Waals surface area contributed by atoms with Crippen LogP contribution in [-0.4, -0.2) is 14.1 Å². The zero-order valence-electron chi connectivity index (χ0n) is 38.4. The fourth-order valence-electron chi connectivity index (χ4n) is 8.85. The van der Waals surface area contributed by atoms with E-state index in [0.29, 0.717) is 0 Å². The van der Waals surface area contributed by atoms with E-state index < -0.39 is 0 Å². The molecule has 0 spiro atoms. The van der Waals surface area contributed by atoms with E-state index in [1.165, 1.54) is 27.6 Å². The lowest BCUT2D eigenvalue weighted by Crippen LogP contribution is -2.39. The summed E-state index contributed by atoms with van der Waals surface area (Å²) in [4.78, 5) is 4.91. The molecule has 0 fully saturated rings. The van der Waals surface area contributed by atoms with E-state index in [2.05, 4.69) is 253 Å². The summed E-state index contributed by atoms with van der Waals surface area (Å²) in [6.07, 6.45) is 7.95. The van der Waals surface area contributed by atoms with Crippen LogP contribution in [0, 0.1) is 6.33 Å². The summed E-state index contributed by atoms with van der Waals surface area (Å²) in [6.45, 7) is 22.7. The molecule has 0 bridgehead atoms. The maximum atomic E-state index is 7.00. The number of benzene rings is 6. The third kappa shape index (κ3) is 7.86. The summed E-state index contributed by atoms with van der Waals surface area (Å²) >= 11 is 0. The molecule has 63 heavy (non-hydrogen) atoms. The van der Waals surface area contributed by atoms with Gasteiger partial charge in [-0.25, -0.2) is 4.98 Å². The van der Waals surface area contributed by atoms with Gasteiger partial charge in [0.25, 0.3) is 6.33 Å². The second kappa shape index (κ2) is 15.6. The van der Waals surface area contributed by atoms with Crippen molar-refractivity contribution in [2.45, 2.75) is 90.9 Å². The van der Waals surface area contributed by atoms with Crippen LogP contribution in [0.25, 0.3) is 39.0 Å². The highest BCUT2D eigenvalue weighted by molar-refractivity contribution is 6.09. The quantitative estimate of drug-likeness (QED) is 0.107. The van der Waals surface area contributed by atoms with Gasteiger partial charge in [-0.3, -0.25) is 13.7 Å². The molecular weight excluding hydrogens is 769 g/mol. The number of fused-ring (bicyclic) bond motifs is 3. The molecular formula is C58H58N4O. The molecule has 3 aromatic heterocycles. The molecule has 0 aliphatic heterocycles. The van der Waals surface area contributed by atoms with Crippen LogP contribution in [0.2, 0.25) is 0 Å². The van der Waals surface area contributed by atoms with Crippen LogP contribution in [-0.2, 0) is 21.7 Å². The largest absolute Gasteiger partial charge is 0.458 e. The topological polar surface area (TPSA) is 35.9 Å². The Labute approximate surface area is 373 Å². The SMILES string of the molecule is CC(C)(C)c1ccnc(-n2c3ccccc3c3ccc(Oc4cc(-n5[c-][n+](-c6cccc(C(C)(C)c7ccccc7)c6)c(C(C)(C)C)c5)cc(C(C)(C)c5ccccc5)c4)cc32)c1. The van der Waals surface area contributed by atoms with E-state index in [0.717, 1.165) is 56.4 Å². The van der Waals surface area contributed by atoms with Crippen LogP contribution >= 0.6 is 0 Å². The molecule has 0 unspecified atom stereocenters. The van der Waals surface area contributed by atoms with E-state index in [1.807, 2.05) is 6.20 Å². The van der Waals surface area contributed by atoms with Crippen molar-refractivity contribution in [2.24, 2.45) is 0 Å². The third-order valence-corrected chi connectivity index (χ3v) is 12.9. The van der Waals surface area contributed by atoms with Crippen molar-refractivity contribution in [3.05, 3.63) is 210 Å². The van der Waals surface area contributed by atoms with Crippen molar-refractivity contribution in [2.75, 3.05) is 0 Å². The van der Waals surface area contributed by atoms with Gasteiger partial charge in [0.2, 0.25) is 0 Å². The third-order valence-electron chi connectivity index (χ3n) is 12.9. The highest BCUT2D eigenvalue weighted by Crippen LogP contribution is 2.40. The monoisotopic (exact) mass is 826 g/mol. The number of pyridine rings is 1. The fourth-order valence-corrected chi connectivity index (χ4v) is 8.85. The zero-order valence-corrected chi connectivity index (χ0v) is 38.4. The van der Waals surface area contributed by atoms with Crippen molar-refractivity contribution < 1.29 is 9.30 Å². The number of nitrogens with zero attached hydrogens (tertiary/aromatic N) is 4. The molecule has 0 saturated carbocycles. The van der Waals surface area contributed by atoms with E-state index in [-0.39, 0.29) is 21.7 Å². The van der Waals surface area contributed by atoms with Gasteiger partial charge >= 0.3 is 0 Å². The van der Waals surface area contributed by atoms with Crippen LogP contribution in [0.1, 0.15) is 103 Å². The summed E-state index contributed by atoms with van der Waals surface area (Å²) in [5.41, 5.74) is 10.7. The van der Waals surface area contributed by atoms with Gasteiger partial charge in [0.05, 0.1) is 28.1 Å². The van der Waals surface area contributed by atoms with Gasteiger partial charge in [-0.1, -0.05) is 160 Å². The summed E-state index contributed by atoms with van der Waals surface area (Å²) in [5, 5.41) is 2.33. The standard InChI is InChI=1S/C58H58N4O/c1-55(2,3)42-30-31-59-54(35-42)62-51-27-18-17-26-49(51)50-29-28-47(37-52(50)62)63-48-34-44(58(9,10)41-22-15-12-16-23-41)33-46(36-48)60-38-53(56(4,5)6)61(39-60)45-25-19-24-43(32-45)57(7,8)40-20-13-11-14-21-40/h11-38H,1-10H3. The molecule has 0 aliphatic carbocycles. The van der Waals surface area contributed by atoms with Gasteiger partial charge in [-0.15, -0.1) is 0 Å². The lowest BCUT2D eigenvalue weighted by atomic mass is 9.78. The highest BCUT2D eigenvalue weighted by atomic mass is 16.5. The van der Waals surface area contributed by atoms with E-state index in [1.54, 1.807) is 0 Å². The van der Waals surface area contributed by atoms with Crippen molar-refractivity contribution in [1.29, 1.82) is 0 Å². The second-order valence-corrected chi connectivity index (χ2v) is 20.1. The van der Waals surface area contributed by atoms with Crippen molar-refractivity contribution in [1.82, 2.24) is 14.1 Å². The first-order valence-corrected chi connectivity index (χ1v) is 22.1. The normalized spacial score (nSPS) is 12.6. The van der Waals surface area contributed by atoms with Crippen LogP contribution in [0.15, 0.2) is 170 Å². The molecule has 9 rings (SSSR count). The lowest BCUT2D eigenvalue weighted by molar-refractivity contribution is -0.611. The van der Waals surface area contributed by atoms with Gasteiger partial charge in [0.1, 0.15) is 17.3 Å².